The van der Waals surface area contributed by atoms with Gasteiger partial charge in [-0.25, -0.2) is 4.98 Å². The summed E-state index contributed by atoms with van der Waals surface area (Å²) in [4.78, 5) is 12.3. The molecule has 1 aliphatic carbocycles. The quantitative estimate of drug-likeness (QED) is 0.390. The Bertz CT molecular complexity index is 468. The Kier molecular flexibility index (Phi) is 8.63. The Morgan fingerprint density at radius 2 is 2.18 bits per heavy atom. The first kappa shape index (κ1) is 19.6. The van der Waals surface area contributed by atoms with Crippen molar-refractivity contribution in [3.05, 3.63) is 16.1 Å². The molecule has 1 atom stereocenters. The summed E-state index contributed by atoms with van der Waals surface area (Å²) in [5.74, 6) is 1.74. The molecule has 0 radical (unpaired) electrons. The molecule has 2 N–H and O–H groups in total. The lowest BCUT2D eigenvalue weighted by atomic mass is 10.1. The van der Waals surface area contributed by atoms with Gasteiger partial charge in [-0.2, -0.15) is 0 Å². The molecule has 0 aromatic carbocycles. The average Bonchev–Trinajstić information content (AvgIpc) is 3.19. The molecule has 1 heterocycles. The second kappa shape index (κ2) is 9.67. The standard InChI is InChI=1S/C15H27N5S.HI/c1-11-9-18-14(21-11)7-8-17-15(16-2)19-10-13(20(3)4)12-5-6-12;/h9,12-13H,5-8,10H2,1-4H3,(H2,16,17,19);1H. The fraction of sp³-hybridized carbons (Fsp3) is 0.733. The summed E-state index contributed by atoms with van der Waals surface area (Å²) in [5.41, 5.74) is 0. The van der Waals surface area contributed by atoms with Crippen molar-refractivity contribution >= 4 is 41.3 Å². The lowest BCUT2D eigenvalue weighted by Gasteiger charge is -2.25. The number of aromatic nitrogens is 1. The van der Waals surface area contributed by atoms with Gasteiger partial charge in [0.1, 0.15) is 0 Å². The zero-order valence-corrected chi connectivity index (χ0v) is 17.1. The number of thiazole rings is 1. The molecule has 1 aromatic rings. The van der Waals surface area contributed by atoms with Crippen molar-refractivity contribution in [2.75, 3.05) is 34.2 Å². The maximum atomic E-state index is 4.38. The molecule has 22 heavy (non-hydrogen) atoms. The van der Waals surface area contributed by atoms with Gasteiger partial charge in [0.15, 0.2) is 5.96 Å². The molecule has 1 unspecified atom stereocenters. The third-order valence-electron chi connectivity index (χ3n) is 3.83. The van der Waals surface area contributed by atoms with E-state index >= 15 is 0 Å². The fourth-order valence-electron chi connectivity index (χ4n) is 2.48. The van der Waals surface area contributed by atoms with Crippen LogP contribution in [0.25, 0.3) is 0 Å². The van der Waals surface area contributed by atoms with E-state index in [4.69, 9.17) is 0 Å². The average molecular weight is 437 g/mol. The molecule has 0 amide bonds. The SMILES string of the molecule is CN=C(NCCc1ncc(C)s1)NCC(C1CC1)N(C)C.I. The van der Waals surface area contributed by atoms with E-state index in [2.05, 4.69) is 46.5 Å². The van der Waals surface area contributed by atoms with Gasteiger partial charge < -0.3 is 15.5 Å². The van der Waals surface area contributed by atoms with Gasteiger partial charge in [-0.15, -0.1) is 35.3 Å². The van der Waals surface area contributed by atoms with Crippen LogP contribution in [0.15, 0.2) is 11.2 Å². The van der Waals surface area contributed by atoms with Crippen molar-refractivity contribution in [3.63, 3.8) is 0 Å². The molecule has 1 aliphatic rings. The maximum absolute atomic E-state index is 4.38. The van der Waals surface area contributed by atoms with Gasteiger partial charge >= 0.3 is 0 Å². The maximum Gasteiger partial charge on any atom is 0.191 e. The predicted octanol–water partition coefficient (Wildman–Crippen LogP) is 2.12. The Labute approximate surface area is 155 Å². The summed E-state index contributed by atoms with van der Waals surface area (Å²) in [6, 6.07) is 0.602. The predicted molar refractivity (Wildman–Crippen MR) is 106 cm³/mol. The van der Waals surface area contributed by atoms with Gasteiger partial charge in [0.25, 0.3) is 0 Å². The number of nitrogens with one attached hydrogen (secondary N) is 2. The summed E-state index contributed by atoms with van der Waals surface area (Å²) >= 11 is 1.76. The number of nitrogens with zero attached hydrogens (tertiary/aromatic N) is 3. The van der Waals surface area contributed by atoms with Crippen molar-refractivity contribution in [2.24, 2.45) is 10.9 Å². The monoisotopic (exact) mass is 437 g/mol. The summed E-state index contributed by atoms with van der Waals surface area (Å²) in [6.45, 7) is 3.91. The lowest BCUT2D eigenvalue weighted by Crippen LogP contribution is -2.46. The molecular weight excluding hydrogens is 409 g/mol. The van der Waals surface area contributed by atoms with E-state index in [9.17, 15) is 0 Å². The van der Waals surface area contributed by atoms with Crippen molar-refractivity contribution in [3.8, 4) is 0 Å². The zero-order chi connectivity index (χ0) is 15.2. The summed E-state index contributed by atoms with van der Waals surface area (Å²) in [5, 5.41) is 7.99. The van der Waals surface area contributed by atoms with E-state index in [0.717, 1.165) is 31.4 Å². The topological polar surface area (TPSA) is 52.6 Å². The normalized spacial score (nSPS) is 16.3. The molecule has 0 aliphatic heterocycles. The van der Waals surface area contributed by atoms with Gasteiger partial charge in [-0.3, -0.25) is 4.99 Å². The number of hydrogen-bond donors (Lipinski definition) is 2. The number of rotatable bonds is 7. The second-order valence-corrected chi connectivity index (χ2v) is 7.18. The van der Waals surface area contributed by atoms with Gasteiger partial charge in [0.2, 0.25) is 0 Å². The van der Waals surface area contributed by atoms with Gasteiger partial charge in [0, 0.05) is 43.7 Å². The third-order valence-corrected chi connectivity index (χ3v) is 4.80. The number of aliphatic imine (C=N–C) groups is 1. The van der Waals surface area contributed by atoms with Crippen LogP contribution in [0, 0.1) is 12.8 Å². The summed E-state index contributed by atoms with van der Waals surface area (Å²) < 4.78 is 0. The van der Waals surface area contributed by atoms with Crippen LogP contribution in [-0.4, -0.2) is 56.1 Å². The molecule has 1 fully saturated rings. The van der Waals surface area contributed by atoms with Crippen LogP contribution in [0.2, 0.25) is 0 Å². The largest absolute Gasteiger partial charge is 0.356 e. The van der Waals surface area contributed by atoms with E-state index in [0.29, 0.717) is 6.04 Å². The Balaban J connectivity index is 0.00000242. The fourth-order valence-corrected chi connectivity index (χ4v) is 3.27. The van der Waals surface area contributed by atoms with Crippen LogP contribution in [-0.2, 0) is 6.42 Å². The Morgan fingerprint density at radius 1 is 1.45 bits per heavy atom. The van der Waals surface area contributed by atoms with E-state index in [1.54, 1.807) is 11.3 Å². The molecule has 7 heteroatoms. The van der Waals surface area contributed by atoms with Crippen LogP contribution >= 0.6 is 35.3 Å². The number of likely N-dealkylation sites (N-methyl/N-ethyl adjacent to an activating group) is 1. The van der Waals surface area contributed by atoms with Crippen LogP contribution in [0.5, 0.6) is 0 Å². The highest BCUT2D eigenvalue weighted by atomic mass is 127. The molecule has 1 aromatic heterocycles. The summed E-state index contributed by atoms with van der Waals surface area (Å²) in [7, 11) is 6.14. The lowest BCUT2D eigenvalue weighted by molar-refractivity contribution is 0.264. The van der Waals surface area contributed by atoms with Crippen molar-refractivity contribution in [1.82, 2.24) is 20.5 Å². The number of guanidine groups is 1. The van der Waals surface area contributed by atoms with Gasteiger partial charge in [-0.1, -0.05) is 0 Å². The second-order valence-electron chi connectivity index (χ2n) is 5.86. The molecule has 0 saturated heterocycles. The zero-order valence-electron chi connectivity index (χ0n) is 13.9. The molecular formula is C15H28IN5S. The van der Waals surface area contributed by atoms with E-state index in [1.165, 1.54) is 22.7 Å². The van der Waals surface area contributed by atoms with E-state index < -0.39 is 0 Å². The van der Waals surface area contributed by atoms with E-state index in [1.807, 2.05) is 13.2 Å². The molecule has 0 bridgehead atoms. The minimum atomic E-state index is 0. The van der Waals surface area contributed by atoms with Crippen molar-refractivity contribution in [2.45, 2.75) is 32.2 Å². The number of hydrogen-bond acceptors (Lipinski definition) is 4. The minimum Gasteiger partial charge on any atom is -0.356 e. The van der Waals surface area contributed by atoms with Crippen LogP contribution in [0.1, 0.15) is 22.7 Å². The Hall–Kier alpha value is -0.410. The molecule has 0 spiro atoms. The highest BCUT2D eigenvalue weighted by Crippen LogP contribution is 2.34. The van der Waals surface area contributed by atoms with Crippen molar-refractivity contribution < 1.29 is 0 Å². The number of aryl methyl sites for hydroxylation is 1. The molecule has 1 saturated carbocycles. The Morgan fingerprint density at radius 3 is 2.68 bits per heavy atom. The third kappa shape index (κ3) is 6.37. The first-order valence-electron chi connectivity index (χ1n) is 7.62. The van der Waals surface area contributed by atoms with Crippen molar-refractivity contribution in [1.29, 1.82) is 0 Å². The minimum absolute atomic E-state index is 0. The van der Waals surface area contributed by atoms with Gasteiger partial charge in [0.05, 0.1) is 5.01 Å². The highest BCUT2D eigenvalue weighted by molar-refractivity contribution is 14.0. The smallest absolute Gasteiger partial charge is 0.191 e. The first-order valence-corrected chi connectivity index (χ1v) is 8.44. The highest BCUT2D eigenvalue weighted by Gasteiger charge is 2.32. The van der Waals surface area contributed by atoms with Crippen LogP contribution in [0.3, 0.4) is 0 Å². The molecule has 2 rings (SSSR count). The van der Waals surface area contributed by atoms with Gasteiger partial charge in [-0.05, 0) is 39.8 Å². The summed E-state index contributed by atoms with van der Waals surface area (Å²) in [6.07, 6.45) is 5.60. The van der Waals surface area contributed by atoms with Crippen LogP contribution < -0.4 is 10.6 Å². The molecule has 126 valence electrons. The molecule has 5 nitrogen and oxygen atoms in total. The van der Waals surface area contributed by atoms with Crippen LogP contribution in [0.4, 0.5) is 0 Å². The first-order chi connectivity index (χ1) is 10.1. The number of halogens is 1. The van der Waals surface area contributed by atoms with E-state index in [-0.39, 0.29) is 24.0 Å².